The van der Waals surface area contributed by atoms with Gasteiger partial charge in [-0.15, -0.1) is 0 Å². The molecular formula is C31H28Cl2N8O3. The van der Waals surface area contributed by atoms with Gasteiger partial charge in [-0.2, -0.15) is 5.10 Å². The van der Waals surface area contributed by atoms with Crippen LogP contribution in [0, 0.1) is 0 Å². The standard InChI is InChI=1S/C31H28Cl2N8O3/c32-21-8-10-25(41-16-20(15-35-41)31(43)44)18(13-21)7-11-26(42)36-24(12-17-4-2-1-3-5-17)30-37-27(28(33)38-30)19-6-9-22-23(14-19)39-40-29(22)34/h1-6,8-10,13-16,24,29,39-40H,7,11-12,34H2,(H,36,42)(H,37,38)(H,43,44)/t24-,29?/m0/s1. The molecule has 2 atom stereocenters. The van der Waals surface area contributed by atoms with E-state index in [-0.39, 0.29) is 24.1 Å². The second-order valence-corrected chi connectivity index (χ2v) is 11.2. The molecule has 1 unspecified atom stereocenters. The molecule has 0 saturated carbocycles. The van der Waals surface area contributed by atoms with E-state index in [1.807, 2.05) is 48.5 Å². The number of carboxylic acid groups (broad SMARTS) is 1. The molecule has 11 nitrogen and oxygen atoms in total. The predicted molar refractivity (Wildman–Crippen MR) is 168 cm³/mol. The molecule has 224 valence electrons. The van der Waals surface area contributed by atoms with Crippen LogP contribution in [0.25, 0.3) is 16.9 Å². The molecule has 0 spiro atoms. The summed E-state index contributed by atoms with van der Waals surface area (Å²) in [5.41, 5.74) is 17.7. The maximum Gasteiger partial charge on any atom is 0.338 e. The average Bonchev–Trinajstić information content (AvgIpc) is 3.75. The number of carbonyl (C=O) groups excluding carboxylic acids is 1. The summed E-state index contributed by atoms with van der Waals surface area (Å²) < 4.78 is 1.47. The van der Waals surface area contributed by atoms with Crippen molar-refractivity contribution in [3.05, 3.63) is 117 Å². The number of hydrogen-bond acceptors (Lipinski definition) is 7. The van der Waals surface area contributed by atoms with Crippen molar-refractivity contribution in [2.45, 2.75) is 31.5 Å². The van der Waals surface area contributed by atoms with Crippen molar-refractivity contribution in [2.24, 2.45) is 5.73 Å². The van der Waals surface area contributed by atoms with Crippen LogP contribution in [-0.4, -0.2) is 36.7 Å². The number of imidazole rings is 1. The van der Waals surface area contributed by atoms with Crippen molar-refractivity contribution in [3.8, 4) is 16.9 Å². The molecule has 1 aliphatic heterocycles. The third-order valence-corrected chi connectivity index (χ3v) is 7.90. The number of hydrazine groups is 1. The number of hydrogen-bond donors (Lipinski definition) is 6. The molecule has 0 radical (unpaired) electrons. The van der Waals surface area contributed by atoms with E-state index in [1.54, 1.807) is 18.2 Å². The first-order valence-electron chi connectivity index (χ1n) is 13.8. The second kappa shape index (κ2) is 12.5. The molecule has 0 saturated heterocycles. The lowest BCUT2D eigenvalue weighted by atomic mass is 10.0. The van der Waals surface area contributed by atoms with Crippen molar-refractivity contribution >= 4 is 40.8 Å². The maximum absolute atomic E-state index is 13.4. The number of aromatic carboxylic acids is 1. The Hall–Kier alpha value is -4.68. The summed E-state index contributed by atoms with van der Waals surface area (Å²) >= 11 is 12.9. The van der Waals surface area contributed by atoms with Gasteiger partial charge in [-0.3, -0.25) is 4.79 Å². The molecular weight excluding hydrogens is 603 g/mol. The lowest BCUT2D eigenvalue weighted by Crippen LogP contribution is -2.31. The van der Waals surface area contributed by atoms with Crippen LogP contribution in [0.2, 0.25) is 10.2 Å². The molecule has 3 aromatic carbocycles. The van der Waals surface area contributed by atoms with Crippen molar-refractivity contribution in [1.82, 2.24) is 30.5 Å². The first-order chi connectivity index (χ1) is 21.2. The van der Waals surface area contributed by atoms with Crippen molar-refractivity contribution in [2.75, 3.05) is 5.43 Å². The van der Waals surface area contributed by atoms with Gasteiger partial charge in [0.05, 0.1) is 29.2 Å². The fourth-order valence-electron chi connectivity index (χ4n) is 5.17. The molecule has 1 aliphatic rings. The molecule has 0 fully saturated rings. The Morgan fingerprint density at radius 1 is 1.09 bits per heavy atom. The zero-order valence-electron chi connectivity index (χ0n) is 23.2. The van der Waals surface area contributed by atoms with Gasteiger partial charge in [0.1, 0.15) is 22.8 Å². The summed E-state index contributed by atoms with van der Waals surface area (Å²) in [4.78, 5) is 32.7. The van der Waals surface area contributed by atoms with Crippen LogP contribution in [-0.2, 0) is 17.6 Å². The number of aromatic amines is 1. The highest BCUT2D eigenvalue weighted by atomic mass is 35.5. The van der Waals surface area contributed by atoms with E-state index >= 15 is 0 Å². The van der Waals surface area contributed by atoms with Crippen molar-refractivity contribution < 1.29 is 14.7 Å². The molecule has 5 aromatic rings. The lowest BCUT2D eigenvalue weighted by molar-refractivity contribution is -0.121. The quantitative estimate of drug-likeness (QED) is 0.123. The number of amides is 1. The Morgan fingerprint density at radius 2 is 1.91 bits per heavy atom. The zero-order chi connectivity index (χ0) is 30.8. The van der Waals surface area contributed by atoms with Crippen LogP contribution in [0.5, 0.6) is 0 Å². The second-order valence-electron chi connectivity index (χ2n) is 10.4. The number of nitrogens with two attached hydrogens (primary N) is 1. The molecule has 6 rings (SSSR count). The van der Waals surface area contributed by atoms with Crippen LogP contribution in [0.4, 0.5) is 5.69 Å². The fraction of sp³-hybridized carbons (Fsp3) is 0.161. The molecule has 3 heterocycles. The number of aryl methyl sites for hydroxylation is 1. The number of nitrogens with one attached hydrogen (secondary N) is 4. The number of carboxylic acids is 1. The number of rotatable bonds is 10. The topological polar surface area (TPSA) is 163 Å². The van der Waals surface area contributed by atoms with Gasteiger partial charge in [-0.05, 0) is 48.2 Å². The number of anilines is 1. The monoisotopic (exact) mass is 630 g/mol. The molecule has 0 bridgehead atoms. The minimum absolute atomic E-state index is 0.0558. The number of halogens is 2. The third-order valence-electron chi connectivity index (χ3n) is 7.39. The van der Waals surface area contributed by atoms with E-state index in [0.717, 1.165) is 27.9 Å². The highest BCUT2D eigenvalue weighted by Gasteiger charge is 2.24. The smallest absolute Gasteiger partial charge is 0.338 e. The minimum atomic E-state index is -1.08. The van der Waals surface area contributed by atoms with Crippen LogP contribution in [0.15, 0.2) is 79.1 Å². The Bertz CT molecular complexity index is 1840. The van der Waals surface area contributed by atoms with Crippen LogP contribution in [0.1, 0.15) is 51.5 Å². The van der Waals surface area contributed by atoms with Gasteiger partial charge in [0.2, 0.25) is 5.91 Å². The van der Waals surface area contributed by atoms with E-state index in [0.29, 0.717) is 40.2 Å². The van der Waals surface area contributed by atoms with E-state index in [2.05, 4.69) is 26.3 Å². The Labute approximate surface area is 262 Å². The third kappa shape index (κ3) is 6.31. The number of carbonyl (C=O) groups is 2. The van der Waals surface area contributed by atoms with Crippen LogP contribution >= 0.6 is 23.2 Å². The van der Waals surface area contributed by atoms with Crippen molar-refractivity contribution in [1.29, 1.82) is 0 Å². The summed E-state index contributed by atoms with van der Waals surface area (Å²) in [5, 5.41) is 17.4. The number of H-pyrrole nitrogens is 1. The Morgan fingerprint density at radius 3 is 2.68 bits per heavy atom. The van der Waals surface area contributed by atoms with Crippen LogP contribution < -0.4 is 21.9 Å². The molecule has 44 heavy (non-hydrogen) atoms. The number of aromatic nitrogens is 4. The zero-order valence-corrected chi connectivity index (χ0v) is 24.7. The highest BCUT2D eigenvalue weighted by molar-refractivity contribution is 6.32. The number of benzene rings is 3. The van der Waals surface area contributed by atoms with Gasteiger partial charge in [0, 0.05) is 28.8 Å². The van der Waals surface area contributed by atoms with Gasteiger partial charge in [0.25, 0.3) is 0 Å². The van der Waals surface area contributed by atoms with Gasteiger partial charge >= 0.3 is 5.97 Å². The predicted octanol–water partition coefficient (Wildman–Crippen LogP) is 5.19. The summed E-state index contributed by atoms with van der Waals surface area (Å²) in [6.45, 7) is 0. The molecule has 13 heteroatoms. The summed E-state index contributed by atoms with van der Waals surface area (Å²) in [6, 6.07) is 20.2. The number of fused-ring (bicyclic) bond motifs is 1. The largest absolute Gasteiger partial charge is 0.478 e. The fourth-order valence-corrected chi connectivity index (χ4v) is 5.61. The highest BCUT2D eigenvalue weighted by Crippen LogP contribution is 2.34. The first kappa shape index (κ1) is 29.4. The van der Waals surface area contributed by atoms with Gasteiger partial charge in [0.15, 0.2) is 0 Å². The van der Waals surface area contributed by atoms with E-state index < -0.39 is 12.0 Å². The molecule has 7 N–H and O–H groups in total. The lowest BCUT2D eigenvalue weighted by Gasteiger charge is -2.18. The Balaban J connectivity index is 1.23. The molecule has 2 aromatic heterocycles. The van der Waals surface area contributed by atoms with E-state index in [4.69, 9.17) is 33.9 Å². The van der Waals surface area contributed by atoms with E-state index in [1.165, 1.54) is 17.1 Å². The summed E-state index contributed by atoms with van der Waals surface area (Å²) in [7, 11) is 0. The number of nitrogens with zero attached hydrogens (tertiary/aromatic N) is 3. The molecule has 1 amide bonds. The van der Waals surface area contributed by atoms with Crippen LogP contribution in [0.3, 0.4) is 0 Å². The Kier molecular flexibility index (Phi) is 8.36. The van der Waals surface area contributed by atoms with Crippen molar-refractivity contribution in [3.63, 3.8) is 0 Å². The van der Waals surface area contributed by atoms with Gasteiger partial charge in [-0.25, -0.2) is 19.9 Å². The first-order valence-corrected chi connectivity index (χ1v) is 14.6. The average molecular weight is 632 g/mol. The minimum Gasteiger partial charge on any atom is -0.478 e. The summed E-state index contributed by atoms with van der Waals surface area (Å²) in [6.07, 6.45) is 3.34. The van der Waals surface area contributed by atoms with E-state index in [9.17, 15) is 14.7 Å². The SMILES string of the molecule is NC1NNc2cc(-c3nc([C@H](Cc4ccccc4)NC(=O)CCc4cc(Cl)ccc4-n4cc(C(=O)O)cn4)[nH]c3Cl)ccc21. The normalized spacial score (nSPS) is 14.6. The van der Waals surface area contributed by atoms with Gasteiger partial charge in [-0.1, -0.05) is 65.7 Å². The molecule has 0 aliphatic carbocycles. The van der Waals surface area contributed by atoms with Gasteiger partial charge < -0.3 is 26.6 Å². The maximum atomic E-state index is 13.4. The summed E-state index contributed by atoms with van der Waals surface area (Å²) in [5.74, 6) is -0.767.